The average molecular weight is 372 g/mol. The molecule has 2 rings (SSSR count). The number of nitrogens with zero attached hydrogens (tertiary/aromatic N) is 2. The van der Waals surface area contributed by atoms with Gasteiger partial charge in [0.1, 0.15) is 17.5 Å². The number of hydrogen-bond donors (Lipinski definition) is 0. The maximum Gasteiger partial charge on any atom is 0.412 e. The molecule has 0 aromatic carbocycles. The molecule has 5 nitrogen and oxygen atoms in total. The van der Waals surface area contributed by atoms with Crippen molar-refractivity contribution in [2.75, 3.05) is 13.8 Å². The summed E-state index contributed by atoms with van der Waals surface area (Å²) in [6.07, 6.45) is 2.68. The van der Waals surface area contributed by atoms with Crippen LogP contribution in [0.15, 0.2) is 12.1 Å². The van der Waals surface area contributed by atoms with Crippen LogP contribution in [0, 0.1) is 12.4 Å². The Hall–Kier alpha value is -1.40. The summed E-state index contributed by atoms with van der Waals surface area (Å²) in [6, 6.07) is 3.15. The van der Waals surface area contributed by atoms with E-state index in [0.717, 1.165) is 0 Å². The molecule has 0 N–H and O–H groups in total. The first-order chi connectivity index (χ1) is 11.6. The van der Waals surface area contributed by atoms with E-state index >= 15 is 0 Å². The fourth-order valence-corrected chi connectivity index (χ4v) is 3.30. The zero-order chi connectivity index (χ0) is 18.8. The summed E-state index contributed by atoms with van der Waals surface area (Å²) in [7, 11) is 1.53. The standard InChI is InChI=1S/C18H25ClFN2O3/c1-6-18(13-7-8-14(19)21-15(13)20)9-12(10-18)22(11-24-5)16(23)25-17(2,3)4/h6-8,12H,9-11H2,1-5H3. The molecule has 1 radical (unpaired) electrons. The quantitative estimate of drug-likeness (QED) is 0.570. The van der Waals surface area contributed by atoms with E-state index in [4.69, 9.17) is 21.1 Å². The van der Waals surface area contributed by atoms with Gasteiger partial charge in [-0.15, -0.1) is 0 Å². The number of halogens is 2. The number of methoxy groups -OCH3 is 1. The molecule has 1 amide bonds. The van der Waals surface area contributed by atoms with Gasteiger partial charge in [0.25, 0.3) is 0 Å². The van der Waals surface area contributed by atoms with Crippen LogP contribution >= 0.6 is 11.6 Å². The van der Waals surface area contributed by atoms with E-state index in [2.05, 4.69) is 4.98 Å². The van der Waals surface area contributed by atoms with Crippen molar-refractivity contribution in [2.24, 2.45) is 0 Å². The minimum absolute atomic E-state index is 0.0962. The zero-order valence-corrected chi connectivity index (χ0v) is 16.1. The number of aromatic nitrogens is 1. The van der Waals surface area contributed by atoms with E-state index < -0.39 is 23.1 Å². The highest BCUT2D eigenvalue weighted by atomic mass is 35.5. The van der Waals surface area contributed by atoms with Gasteiger partial charge in [-0.2, -0.15) is 4.39 Å². The van der Waals surface area contributed by atoms with Gasteiger partial charge in [-0.1, -0.05) is 24.6 Å². The van der Waals surface area contributed by atoms with Gasteiger partial charge in [-0.05, 0) is 46.1 Å². The average Bonchev–Trinajstić information content (AvgIpc) is 2.45. The smallest absolute Gasteiger partial charge is 0.412 e. The molecule has 25 heavy (non-hydrogen) atoms. The SMILES string of the molecule is C[CH]C1(c2ccc(Cl)nc2F)CC(N(COC)C(=O)OC(C)(C)C)C1. The van der Waals surface area contributed by atoms with E-state index in [0.29, 0.717) is 18.4 Å². The predicted octanol–water partition coefficient (Wildman–Crippen LogP) is 4.34. The topological polar surface area (TPSA) is 51.7 Å². The minimum atomic E-state index is -0.590. The van der Waals surface area contributed by atoms with Crippen LogP contribution in [-0.4, -0.2) is 41.5 Å². The van der Waals surface area contributed by atoms with E-state index in [1.54, 1.807) is 17.0 Å². The molecular weight excluding hydrogens is 347 g/mol. The van der Waals surface area contributed by atoms with Crippen LogP contribution in [-0.2, 0) is 14.9 Å². The van der Waals surface area contributed by atoms with Gasteiger partial charge in [-0.25, -0.2) is 9.78 Å². The largest absolute Gasteiger partial charge is 0.444 e. The second-order valence-corrected chi connectivity index (χ2v) is 7.73. The van der Waals surface area contributed by atoms with Crippen LogP contribution in [0.2, 0.25) is 5.15 Å². The van der Waals surface area contributed by atoms with E-state index in [9.17, 15) is 9.18 Å². The fourth-order valence-electron chi connectivity index (χ4n) is 3.16. The molecule has 1 aliphatic carbocycles. The third-order valence-corrected chi connectivity index (χ3v) is 4.65. The van der Waals surface area contributed by atoms with Crippen molar-refractivity contribution in [3.8, 4) is 0 Å². The highest BCUT2D eigenvalue weighted by Crippen LogP contribution is 2.49. The second-order valence-electron chi connectivity index (χ2n) is 7.35. The molecule has 0 atom stereocenters. The molecule has 1 aromatic rings. The fraction of sp³-hybridized carbons (Fsp3) is 0.611. The number of hydrogen-bond acceptors (Lipinski definition) is 4. The van der Waals surface area contributed by atoms with Gasteiger partial charge >= 0.3 is 6.09 Å². The van der Waals surface area contributed by atoms with E-state index in [-0.39, 0.29) is 17.9 Å². The van der Waals surface area contributed by atoms with Crippen LogP contribution in [0.1, 0.15) is 46.1 Å². The van der Waals surface area contributed by atoms with E-state index in [1.807, 2.05) is 34.1 Å². The van der Waals surface area contributed by atoms with Gasteiger partial charge in [-0.3, -0.25) is 4.90 Å². The molecule has 1 saturated carbocycles. The van der Waals surface area contributed by atoms with Crippen LogP contribution in [0.4, 0.5) is 9.18 Å². The van der Waals surface area contributed by atoms with Crippen LogP contribution in [0.5, 0.6) is 0 Å². The molecule has 0 spiro atoms. The van der Waals surface area contributed by atoms with Crippen LogP contribution in [0.3, 0.4) is 0 Å². The first-order valence-corrected chi connectivity index (χ1v) is 8.61. The number of amides is 1. The molecule has 1 fully saturated rings. The number of carbonyl (C=O) groups excluding carboxylic acids is 1. The first-order valence-electron chi connectivity index (χ1n) is 8.23. The summed E-state index contributed by atoms with van der Waals surface area (Å²) >= 11 is 5.75. The van der Waals surface area contributed by atoms with Crippen molar-refractivity contribution >= 4 is 17.7 Å². The van der Waals surface area contributed by atoms with Crippen molar-refractivity contribution in [1.29, 1.82) is 0 Å². The molecule has 1 aliphatic rings. The molecule has 0 unspecified atom stereocenters. The molecule has 7 heteroatoms. The van der Waals surface area contributed by atoms with Gasteiger partial charge < -0.3 is 9.47 Å². The van der Waals surface area contributed by atoms with Crippen molar-refractivity contribution in [3.63, 3.8) is 0 Å². The lowest BCUT2D eigenvalue weighted by Crippen LogP contribution is -2.56. The summed E-state index contributed by atoms with van der Waals surface area (Å²) in [5.41, 5.74) is -0.565. The van der Waals surface area contributed by atoms with Crippen LogP contribution < -0.4 is 0 Å². The zero-order valence-electron chi connectivity index (χ0n) is 15.3. The van der Waals surface area contributed by atoms with Crippen molar-refractivity contribution in [3.05, 3.63) is 35.2 Å². The normalized spacial score (nSPS) is 23.1. The van der Waals surface area contributed by atoms with Crippen molar-refractivity contribution in [2.45, 2.75) is 57.6 Å². The molecule has 139 valence electrons. The number of rotatable bonds is 5. The highest BCUT2D eigenvalue weighted by molar-refractivity contribution is 6.29. The first kappa shape index (κ1) is 19.9. The third kappa shape index (κ3) is 4.42. The van der Waals surface area contributed by atoms with Gasteiger partial charge in [0.15, 0.2) is 0 Å². The predicted molar refractivity (Wildman–Crippen MR) is 93.8 cm³/mol. The Balaban J connectivity index is 2.16. The monoisotopic (exact) mass is 371 g/mol. The summed E-state index contributed by atoms with van der Waals surface area (Å²) in [6.45, 7) is 7.46. The highest BCUT2D eigenvalue weighted by Gasteiger charge is 2.50. The van der Waals surface area contributed by atoms with Crippen molar-refractivity contribution < 1.29 is 18.7 Å². The molecule has 1 aromatic heterocycles. The van der Waals surface area contributed by atoms with Gasteiger partial charge in [0.05, 0.1) is 0 Å². The Morgan fingerprint density at radius 2 is 2.12 bits per heavy atom. The maximum atomic E-state index is 14.3. The number of ether oxygens (including phenoxy) is 2. The molecule has 0 aliphatic heterocycles. The minimum Gasteiger partial charge on any atom is -0.444 e. The lowest BCUT2D eigenvalue weighted by molar-refractivity contribution is -0.0411. The lowest BCUT2D eigenvalue weighted by atomic mass is 9.60. The Kier molecular flexibility index (Phi) is 5.94. The summed E-state index contributed by atoms with van der Waals surface area (Å²) in [5.74, 6) is -0.570. The van der Waals surface area contributed by atoms with Crippen LogP contribution in [0.25, 0.3) is 0 Å². The summed E-state index contributed by atoms with van der Waals surface area (Å²) in [5, 5.41) is 0.123. The van der Waals surface area contributed by atoms with E-state index in [1.165, 1.54) is 7.11 Å². The van der Waals surface area contributed by atoms with Crippen molar-refractivity contribution in [1.82, 2.24) is 9.88 Å². The summed E-state index contributed by atoms with van der Waals surface area (Å²) < 4.78 is 24.9. The Morgan fingerprint density at radius 1 is 1.48 bits per heavy atom. The lowest BCUT2D eigenvalue weighted by Gasteiger charge is -2.51. The third-order valence-electron chi connectivity index (χ3n) is 4.44. The Bertz CT molecular complexity index is 627. The molecule has 0 saturated heterocycles. The maximum absolute atomic E-state index is 14.3. The molecule has 0 bridgehead atoms. The number of pyridine rings is 1. The Morgan fingerprint density at radius 3 is 2.60 bits per heavy atom. The Labute approximate surface area is 153 Å². The number of carbonyl (C=O) groups is 1. The molecule has 1 heterocycles. The van der Waals surface area contributed by atoms with Gasteiger partial charge in [0, 0.05) is 24.1 Å². The summed E-state index contributed by atoms with van der Waals surface area (Å²) in [4.78, 5) is 17.7. The van der Waals surface area contributed by atoms with Gasteiger partial charge in [0.2, 0.25) is 5.95 Å². The molecular formula is C18H25ClFN2O3. The second kappa shape index (κ2) is 7.46.